The Bertz CT molecular complexity index is 593. The molecule has 0 atom stereocenters. The second kappa shape index (κ2) is 6.34. The summed E-state index contributed by atoms with van der Waals surface area (Å²) in [4.78, 5) is 19.3. The van der Waals surface area contributed by atoms with Gasteiger partial charge in [0.25, 0.3) is 0 Å². The maximum atomic E-state index is 11.1. The molecule has 5 nitrogen and oxygen atoms in total. The molecule has 20 heavy (non-hydrogen) atoms. The summed E-state index contributed by atoms with van der Waals surface area (Å²) in [6.07, 6.45) is 1.72. The Morgan fingerprint density at radius 3 is 2.65 bits per heavy atom. The number of likely N-dealkylation sites (N-methyl/N-ethyl adjacent to an activating group) is 1. The normalized spacial score (nSPS) is 10.9. The van der Waals surface area contributed by atoms with Gasteiger partial charge in [-0.2, -0.15) is 0 Å². The summed E-state index contributed by atoms with van der Waals surface area (Å²) in [6.45, 7) is 1.35. The molecule has 0 saturated carbocycles. The van der Waals surface area contributed by atoms with Crippen LogP contribution in [0.25, 0.3) is 10.8 Å². The van der Waals surface area contributed by atoms with E-state index in [1.807, 2.05) is 54.2 Å². The van der Waals surface area contributed by atoms with Crippen LogP contribution in [-0.4, -0.2) is 54.7 Å². The zero-order chi connectivity index (χ0) is 14.5. The van der Waals surface area contributed by atoms with Crippen molar-refractivity contribution >= 4 is 22.6 Å². The molecular weight excluding hydrogens is 254 g/mol. The molecular formula is C15H19N3O2. The van der Waals surface area contributed by atoms with E-state index in [1.54, 1.807) is 6.20 Å². The Hall–Kier alpha value is -2.14. The van der Waals surface area contributed by atoms with Crippen LogP contribution in [0.4, 0.5) is 5.82 Å². The number of fused-ring (bicyclic) bond motifs is 1. The van der Waals surface area contributed by atoms with Gasteiger partial charge >= 0.3 is 5.97 Å². The van der Waals surface area contributed by atoms with Crippen LogP contribution in [0.2, 0.25) is 0 Å². The molecule has 0 spiro atoms. The number of carbonyl (C=O) groups is 1. The van der Waals surface area contributed by atoms with Gasteiger partial charge in [-0.3, -0.25) is 4.79 Å². The number of carboxylic acid groups (broad SMARTS) is 1. The lowest BCUT2D eigenvalue weighted by Gasteiger charge is -2.24. The van der Waals surface area contributed by atoms with Crippen LogP contribution in [0.1, 0.15) is 0 Å². The third-order valence-corrected chi connectivity index (χ3v) is 3.10. The number of aliphatic carboxylic acids is 1. The average molecular weight is 273 g/mol. The molecule has 0 radical (unpaired) electrons. The summed E-state index contributed by atoms with van der Waals surface area (Å²) in [6, 6.07) is 9.82. The monoisotopic (exact) mass is 273 g/mol. The molecule has 1 aromatic carbocycles. The average Bonchev–Trinajstić information content (AvgIpc) is 2.42. The topological polar surface area (TPSA) is 56.7 Å². The van der Waals surface area contributed by atoms with Crippen molar-refractivity contribution in [2.45, 2.75) is 0 Å². The molecule has 0 bridgehead atoms. The fourth-order valence-corrected chi connectivity index (χ4v) is 2.10. The number of pyridine rings is 1. The molecule has 1 N–H and O–H groups in total. The van der Waals surface area contributed by atoms with Gasteiger partial charge in [0.15, 0.2) is 0 Å². The van der Waals surface area contributed by atoms with E-state index in [4.69, 9.17) is 5.11 Å². The highest BCUT2D eigenvalue weighted by atomic mass is 16.4. The van der Waals surface area contributed by atoms with Gasteiger partial charge in [-0.05, 0) is 25.5 Å². The molecule has 0 aliphatic heterocycles. The highest BCUT2D eigenvalue weighted by Crippen LogP contribution is 2.23. The maximum absolute atomic E-state index is 11.1. The van der Waals surface area contributed by atoms with Gasteiger partial charge in [-0.25, -0.2) is 4.98 Å². The molecule has 0 amide bonds. The zero-order valence-electron chi connectivity index (χ0n) is 11.8. The van der Waals surface area contributed by atoms with E-state index < -0.39 is 5.97 Å². The van der Waals surface area contributed by atoms with Crippen molar-refractivity contribution in [2.75, 3.05) is 38.6 Å². The summed E-state index contributed by atoms with van der Waals surface area (Å²) in [5.74, 6) is -0.120. The number of rotatable bonds is 6. The summed E-state index contributed by atoms with van der Waals surface area (Å²) >= 11 is 0. The van der Waals surface area contributed by atoms with Crippen LogP contribution in [0, 0.1) is 0 Å². The number of hydrogen-bond donors (Lipinski definition) is 1. The second-order valence-electron chi connectivity index (χ2n) is 4.97. The lowest BCUT2D eigenvalue weighted by Crippen LogP contribution is -2.36. The van der Waals surface area contributed by atoms with Gasteiger partial charge in [-0.15, -0.1) is 0 Å². The Labute approximate surface area is 118 Å². The number of anilines is 1. The van der Waals surface area contributed by atoms with Crippen molar-refractivity contribution in [3.05, 3.63) is 36.5 Å². The van der Waals surface area contributed by atoms with Crippen LogP contribution >= 0.6 is 0 Å². The van der Waals surface area contributed by atoms with Crippen LogP contribution in [0.15, 0.2) is 36.5 Å². The van der Waals surface area contributed by atoms with Gasteiger partial charge in [-0.1, -0.05) is 24.3 Å². The highest BCUT2D eigenvalue weighted by molar-refractivity contribution is 5.93. The lowest BCUT2D eigenvalue weighted by molar-refractivity contribution is -0.135. The number of nitrogens with zero attached hydrogens (tertiary/aromatic N) is 3. The number of benzene rings is 1. The SMILES string of the molecule is CN(C)CCN(CC(=O)O)c1nccc2ccccc12. The van der Waals surface area contributed by atoms with E-state index in [2.05, 4.69) is 4.98 Å². The predicted octanol–water partition coefficient (Wildman–Crippen LogP) is 1.69. The Kier molecular flexibility index (Phi) is 4.53. The Morgan fingerprint density at radius 1 is 1.20 bits per heavy atom. The van der Waals surface area contributed by atoms with E-state index >= 15 is 0 Å². The highest BCUT2D eigenvalue weighted by Gasteiger charge is 2.14. The molecule has 0 unspecified atom stereocenters. The van der Waals surface area contributed by atoms with Crippen molar-refractivity contribution in [2.24, 2.45) is 0 Å². The molecule has 5 heteroatoms. The Morgan fingerprint density at radius 2 is 1.95 bits per heavy atom. The molecule has 0 aliphatic rings. The van der Waals surface area contributed by atoms with E-state index in [-0.39, 0.29) is 6.54 Å². The van der Waals surface area contributed by atoms with Crippen LogP contribution < -0.4 is 4.90 Å². The predicted molar refractivity (Wildman–Crippen MR) is 80.1 cm³/mol. The molecule has 1 aromatic heterocycles. The molecule has 2 aromatic rings. The van der Waals surface area contributed by atoms with Gasteiger partial charge in [0.2, 0.25) is 0 Å². The molecule has 1 heterocycles. The van der Waals surface area contributed by atoms with E-state index in [9.17, 15) is 4.79 Å². The molecule has 0 saturated heterocycles. The lowest BCUT2D eigenvalue weighted by atomic mass is 10.1. The van der Waals surface area contributed by atoms with Crippen molar-refractivity contribution in [3.63, 3.8) is 0 Å². The first kappa shape index (κ1) is 14.3. The zero-order valence-corrected chi connectivity index (χ0v) is 11.8. The summed E-state index contributed by atoms with van der Waals surface area (Å²) < 4.78 is 0. The summed E-state index contributed by atoms with van der Waals surface area (Å²) in [5, 5.41) is 11.1. The van der Waals surface area contributed by atoms with E-state index in [1.165, 1.54) is 0 Å². The minimum atomic E-state index is -0.849. The van der Waals surface area contributed by atoms with Gasteiger partial charge in [0, 0.05) is 24.7 Å². The summed E-state index contributed by atoms with van der Waals surface area (Å²) in [7, 11) is 3.94. The fraction of sp³-hybridized carbons (Fsp3) is 0.333. The first-order valence-corrected chi connectivity index (χ1v) is 6.53. The minimum absolute atomic E-state index is 0.0468. The third kappa shape index (κ3) is 3.45. The fourth-order valence-electron chi connectivity index (χ4n) is 2.10. The second-order valence-corrected chi connectivity index (χ2v) is 4.97. The number of hydrogen-bond acceptors (Lipinski definition) is 4. The van der Waals surface area contributed by atoms with Gasteiger partial charge in [0.1, 0.15) is 12.4 Å². The molecule has 2 rings (SSSR count). The largest absolute Gasteiger partial charge is 0.480 e. The first-order chi connectivity index (χ1) is 9.58. The van der Waals surface area contributed by atoms with Crippen LogP contribution in [0.5, 0.6) is 0 Å². The summed E-state index contributed by atoms with van der Waals surface area (Å²) in [5.41, 5.74) is 0. The molecule has 0 aliphatic carbocycles. The molecule has 0 fully saturated rings. The minimum Gasteiger partial charge on any atom is -0.480 e. The standard InChI is InChI=1S/C15H19N3O2/c1-17(2)9-10-18(11-14(19)20)15-13-6-4-3-5-12(13)7-8-16-15/h3-8H,9-11H2,1-2H3,(H,19,20). The van der Waals surface area contributed by atoms with Crippen molar-refractivity contribution in [1.29, 1.82) is 0 Å². The van der Waals surface area contributed by atoms with Crippen LogP contribution in [0.3, 0.4) is 0 Å². The van der Waals surface area contributed by atoms with Crippen molar-refractivity contribution in [3.8, 4) is 0 Å². The third-order valence-electron chi connectivity index (χ3n) is 3.10. The van der Waals surface area contributed by atoms with Crippen molar-refractivity contribution < 1.29 is 9.90 Å². The first-order valence-electron chi connectivity index (χ1n) is 6.53. The van der Waals surface area contributed by atoms with E-state index in [0.29, 0.717) is 6.54 Å². The van der Waals surface area contributed by atoms with Gasteiger partial charge < -0.3 is 14.9 Å². The van der Waals surface area contributed by atoms with Gasteiger partial charge in [0.05, 0.1) is 0 Å². The van der Waals surface area contributed by atoms with Crippen molar-refractivity contribution in [1.82, 2.24) is 9.88 Å². The quantitative estimate of drug-likeness (QED) is 0.868. The maximum Gasteiger partial charge on any atom is 0.323 e. The molecule has 106 valence electrons. The number of aromatic nitrogens is 1. The smallest absolute Gasteiger partial charge is 0.323 e. The van der Waals surface area contributed by atoms with E-state index in [0.717, 1.165) is 23.1 Å². The van der Waals surface area contributed by atoms with Crippen LogP contribution in [-0.2, 0) is 4.79 Å². The number of carboxylic acids is 1. The Balaban J connectivity index is 2.36.